The van der Waals surface area contributed by atoms with Gasteiger partial charge in [-0.25, -0.2) is 25.6 Å². The molecule has 5 rings (SSSR count). The van der Waals surface area contributed by atoms with Crippen molar-refractivity contribution in [3.63, 3.8) is 0 Å². The minimum atomic E-state index is -4.15. The van der Waals surface area contributed by atoms with Crippen molar-refractivity contribution >= 4 is 43.1 Å². The zero-order valence-electron chi connectivity index (χ0n) is 22.3. The molecule has 4 unspecified atom stereocenters. The molecule has 0 radical (unpaired) electrons. The standard InChI is InChI=1S/C27H31ClF2N2O8S2/c28-20-6-2-15(26(35)31-18-5-7-21(29)22(30)13-18)10-24(20)42(39,40)19-11-16-3-4-17(12-19)27(16,36)25(34)23(33)14-32-8-1-9-41(32,37)38/h2,5-7,10,13,16-17,19,23,25,33-34,36H,1,3-4,8-9,11-12,14H2,(H,31,35)/t16-,17+,19?,23?,25?,27?. The maximum atomic E-state index is 13.8. The fraction of sp³-hybridized carbons (Fsp3) is 0.519. The molecule has 1 aliphatic heterocycles. The van der Waals surface area contributed by atoms with E-state index in [1.807, 2.05) is 0 Å². The van der Waals surface area contributed by atoms with E-state index < -0.39 is 72.3 Å². The van der Waals surface area contributed by atoms with E-state index in [0.717, 1.165) is 28.6 Å². The predicted octanol–water partition coefficient (Wildman–Crippen LogP) is 2.32. The van der Waals surface area contributed by atoms with Crippen LogP contribution in [0.15, 0.2) is 41.3 Å². The summed E-state index contributed by atoms with van der Waals surface area (Å²) < 4.78 is 79.7. The normalized spacial score (nSPS) is 28.9. The molecule has 2 bridgehead atoms. The summed E-state index contributed by atoms with van der Waals surface area (Å²) in [6.45, 7) is -0.168. The van der Waals surface area contributed by atoms with Crippen molar-refractivity contribution < 1.29 is 45.7 Å². The summed E-state index contributed by atoms with van der Waals surface area (Å²) >= 11 is 6.27. The monoisotopic (exact) mass is 648 g/mol. The first-order valence-electron chi connectivity index (χ1n) is 13.5. The predicted molar refractivity (Wildman–Crippen MR) is 149 cm³/mol. The molecule has 4 N–H and O–H groups in total. The zero-order chi connectivity index (χ0) is 30.6. The SMILES string of the molecule is O=C(Nc1ccc(F)c(F)c1)c1ccc(Cl)c(S(=O)(=O)C2C[C@H]3CC[C@@H](C2)C3(O)C(O)C(O)CN2CCCS2(=O)=O)c1. The van der Waals surface area contributed by atoms with E-state index in [0.29, 0.717) is 19.3 Å². The number of benzene rings is 2. The van der Waals surface area contributed by atoms with Crippen LogP contribution >= 0.6 is 11.6 Å². The Bertz CT molecular complexity index is 1590. The fourth-order valence-corrected chi connectivity index (χ4v) is 10.6. The number of sulfonamides is 1. The van der Waals surface area contributed by atoms with Crippen molar-refractivity contribution in [2.45, 2.75) is 60.1 Å². The van der Waals surface area contributed by atoms with Gasteiger partial charge in [0.2, 0.25) is 10.0 Å². The molecule has 10 nitrogen and oxygen atoms in total. The second-order valence-corrected chi connectivity index (χ2v) is 16.0. The molecule has 1 saturated heterocycles. The molecule has 1 amide bonds. The third-order valence-electron chi connectivity index (χ3n) is 8.81. The summed E-state index contributed by atoms with van der Waals surface area (Å²) in [6, 6.07) is 6.41. The maximum absolute atomic E-state index is 13.8. The van der Waals surface area contributed by atoms with Crippen molar-refractivity contribution in [3.8, 4) is 0 Å². The maximum Gasteiger partial charge on any atom is 0.255 e. The molecule has 15 heteroatoms. The Balaban J connectivity index is 1.33. The van der Waals surface area contributed by atoms with Gasteiger partial charge < -0.3 is 20.6 Å². The van der Waals surface area contributed by atoms with Crippen LogP contribution in [0.2, 0.25) is 5.02 Å². The van der Waals surface area contributed by atoms with Crippen LogP contribution in [-0.2, 0) is 19.9 Å². The molecule has 2 aromatic rings. The fourth-order valence-electron chi connectivity index (χ4n) is 6.61. The lowest BCUT2D eigenvalue weighted by atomic mass is 9.70. The number of anilines is 1. The van der Waals surface area contributed by atoms with E-state index in [2.05, 4.69) is 5.32 Å². The summed E-state index contributed by atoms with van der Waals surface area (Å²) in [7, 11) is -7.70. The lowest BCUT2D eigenvalue weighted by Gasteiger charge is -2.46. The molecular formula is C27H31ClF2N2O8S2. The van der Waals surface area contributed by atoms with Gasteiger partial charge in [0.05, 0.1) is 32.6 Å². The van der Waals surface area contributed by atoms with Crippen molar-refractivity contribution in [2.24, 2.45) is 11.8 Å². The zero-order valence-corrected chi connectivity index (χ0v) is 24.7. The number of aliphatic hydroxyl groups excluding tert-OH is 2. The van der Waals surface area contributed by atoms with E-state index in [9.17, 15) is 45.7 Å². The van der Waals surface area contributed by atoms with Gasteiger partial charge in [0.1, 0.15) is 6.10 Å². The van der Waals surface area contributed by atoms with Gasteiger partial charge in [0.15, 0.2) is 21.5 Å². The summed E-state index contributed by atoms with van der Waals surface area (Å²) in [5.74, 6) is -4.49. The van der Waals surface area contributed by atoms with Crippen molar-refractivity contribution in [3.05, 3.63) is 58.6 Å². The average molecular weight is 649 g/mol. The second-order valence-electron chi connectivity index (χ2n) is 11.3. The Labute approximate surface area is 247 Å². The van der Waals surface area contributed by atoms with Crippen LogP contribution in [0, 0.1) is 23.5 Å². The molecule has 0 aromatic heterocycles. The minimum absolute atomic E-state index is 0.0375. The number of nitrogens with zero attached hydrogens (tertiary/aromatic N) is 1. The van der Waals surface area contributed by atoms with Gasteiger partial charge in [0.25, 0.3) is 5.91 Å². The van der Waals surface area contributed by atoms with Crippen LogP contribution in [0.1, 0.15) is 42.5 Å². The van der Waals surface area contributed by atoms with E-state index in [-0.39, 0.29) is 52.9 Å². The Hall–Kier alpha value is -2.20. The molecule has 2 aromatic carbocycles. The highest BCUT2D eigenvalue weighted by atomic mass is 35.5. The van der Waals surface area contributed by atoms with Crippen LogP contribution in [0.3, 0.4) is 0 Å². The summed E-state index contributed by atoms with van der Waals surface area (Å²) in [5.41, 5.74) is -1.94. The summed E-state index contributed by atoms with van der Waals surface area (Å²) in [4.78, 5) is 12.5. The number of hydrogen-bond acceptors (Lipinski definition) is 8. The quantitative estimate of drug-likeness (QED) is 0.339. The topological polar surface area (TPSA) is 161 Å². The number of halogens is 3. The minimum Gasteiger partial charge on any atom is -0.389 e. The van der Waals surface area contributed by atoms with E-state index in [1.54, 1.807) is 0 Å². The van der Waals surface area contributed by atoms with E-state index in [4.69, 9.17) is 11.6 Å². The Morgan fingerprint density at radius 1 is 1.10 bits per heavy atom. The number of sulfone groups is 1. The molecule has 42 heavy (non-hydrogen) atoms. The van der Waals surface area contributed by atoms with Gasteiger partial charge in [-0.1, -0.05) is 11.6 Å². The highest BCUT2D eigenvalue weighted by molar-refractivity contribution is 7.92. The number of rotatable bonds is 8. The van der Waals surface area contributed by atoms with Crippen LogP contribution in [0.5, 0.6) is 0 Å². The number of carbonyl (C=O) groups is 1. The van der Waals surface area contributed by atoms with Crippen molar-refractivity contribution in [1.29, 1.82) is 0 Å². The van der Waals surface area contributed by atoms with Crippen molar-refractivity contribution in [2.75, 3.05) is 24.2 Å². The van der Waals surface area contributed by atoms with E-state index >= 15 is 0 Å². The number of fused-ring (bicyclic) bond motifs is 2. The third kappa shape index (κ3) is 5.58. The third-order valence-corrected chi connectivity index (χ3v) is 13.4. The first-order valence-corrected chi connectivity index (χ1v) is 17.0. The first-order chi connectivity index (χ1) is 19.6. The number of carbonyl (C=O) groups excluding carboxylic acids is 1. The highest BCUT2D eigenvalue weighted by Gasteiger charge is 2.60. The largest absolute Gasteiger partial charge is 0.389 e. The number of aliphatic hydroxyl groups is 3. The van der Waals surface area contributed by atoms with Gasteiger partial charge in [-0.05, 0) is 74.3 Å². The smallest absolute Gasteiger partial charge is 0.255 e. The lowest BCUT2D eigenvalue weighted by Crippen LogP contribution is -2.60. The van der Waals surface area contributed by atoms with Crippen LogP contribution in [-0.4, -0.2) is 84.3 Å². The summed E-state index contributed by atoms with van der Waals surface area (Å²) in [6.07, 6.45) is -2.19. The molecule has 2 saturated carbocycles. The molecule has 0 spiro atoms. The molecule has 3 fully saturated rings. The van der Waals surface area contributed by atoms with Gasteiger partial charge in [-0.3, -0.25) is 4.79 Å². The van der Waals surface area contributed by atoms with E-state index in [1.165, 1.54) is 12.1 Å². The average Bonchev–Trinajstić information content (AvgIpc) is 3.31. The number of amides is 1. The molecule has 230 valence electrons. The Kier molecular flexibility index (Phi) is 8.46. The van der Waals surface area contributed by atoms with Gasteiger partial charge >= 0.3 is 0 Å². The van der Waals surface area contributed by atoms with Gasteiger partial charge in [-0.2, -0.15) is 4.31 Å². The van der Waals surface area contributed by atoms with Crippen molar-refractivity contribution in [1.82, 2.24) is 4.31 Å². The van der Waals surface area contributed by atoms with Crippen LogP contribution in [0.4, 0.5) is 14.5 Å². The van der Waals surface area contributed by atoms with Gasteiger partial charge in [0, 0.05) is 30.4 Å². The van der Waals surface area contributed by atoms with Gasteiger partial charge in [-0.15, -0.1) is 0 Å². The second kappa shape index (κ2) is 11.4. The van der Waals surface area contributed by atoms with Crippen LogP contribution in [0.25, 0.3) is 0 Å². The summed E-state index contributed by atoms with van der Waals surface area (Å²) in [5, 5.41) is 34.6. The molecule has 6 atom stereocenters. The highest BCUT2D eigenvalue weighted by Crippen LogP contribution is 2.54. The number of nitrogens with one attached hydrogen (secondary N) is 1. The molecule has 2 aliphatic carbocycles. The van der Waals surface area contributed by atoms with Crippen LogP contribution < -0.4 is 5.32 Å². The number of β-amino-alcohol motifs (C(OH)–C–C–N with tert-alkyl or cyclic N) is 1. The number of hydrogen-bond donors (Lipinski definition) is 4. The molecule has 3 aliphatic rings. The lowest BCUT2D eigenvalue weighted by molar-refractivity contribution is -0.176. The molecule has 1 heterocycles. The first kappa shape index (κ1) is 31.2. The Morgan fingerprint density at radius 2 is 1.76 bits per heavy atom. The molecular weight excluding hydrogens is 618 g/mol. The Morgan fingerprint density at radius 3 is 2.36 bits per heavy atom.